The lowest BCUT2D eigenvalue weighted by atomic mass is 9.66. The van der Waals surface area contributed by atoms with Crippen molar-refractivity contribution in [1.82, 2.24) is 0 Å². The van der Waals surface area contributed by atoms with Crippen molar-refractivity contribution in [3.8, 4) is 0 Å². The van der Waals surface area contributed by atoms with Crippen LogP contribution in [0.3, 0.4) is 0 Å². The van der Waals surface area contributed by atoms with Crippen LogP contribution in [0.1, 0.15) is 53.9 Å². The van der Waals surface area contributed by atoms with E-state index in [9.17, 15) is 4.79 Å². The first-order chi connectivity index (χ1) is 10.9. The third-order valence-corrected chi connectivity index (χ3v) is 11.8. The summed E-state index contributed by atoms with van der Waals surface area (Å²) in [5.74, 6) is 0.699. The van der Waals surface area contributed by atoms with Gasteiger partial charge in [-0.25, -0.2) is 0 Å². The van der Waals surface area contributed by atoms with E-state index in [4.69, 9.17) is 9.16 Å². The van der Waals surface area contributed by atoms with Gasteiger partial charge < -0.3 is 9.16 Å². The number of fused-ring (bicyclic) bond motifs is 5. The van der Waals surface area contributed by atoms with E-state index in [1.807, 2.05) is 0 Å². The molecule has 4 bridgehead atoms. The van der Waals surface area contributed by atoms with Crippen LogP contribution in [0.2, 0.25) is 18.1 Å². The van der Waals surface area contributed by atoms with Gasteiger partial charge in [-0.3, -0.25) is 4.79 Å². The summed E-state index contributed by atoms with van der Waals surface area (Å²) in [5, 5.41) is 0.116. The van der Waals surface area contributed by atoms with E-state index >= 15 is 0 Å². The minimum atomic E-state index is -2.00. The second-order valence-corrected chi connectivity index (χ2v) is 14.8. The zero-order valence-electron chi connectivity index (χ0n) is 16.4. The van der Waals surface area contributed by atoms with Gasteiger partial charge in [-0.1, -0.05) is 39.8 Å². The quantitative estimate of drug-likeness (QED) is 0.534. The lowest BCUT2D eigenvalue weighted by Gasteiger charge is -2.48. The summed E-state index contributed by atoms with van der Waals surface area (Å²) < 4.78 is 13.4. The highest BCUT2D eigenvalue weighted by molar-refractivity contribution is 6.74. The number of hydrogen-bond acceptors (Lipinski definition) is 3. The van der Waals surface area contributed by atoms with Crippen LogP contribution in [-0.2, 0) is 14.0 Å². The summed E-state index contributed by atoms with van der Waals surface area (Å²) in [6.07, 6.45) is 2.44. The Labute approximate surface area is 148 Å². The van der Waals surface area contributed by atoms with E-state index in [1.165, 1.54) is 5.57 Å². The van der Waals surface area contributed by atoms with Gasteiger partial charge in [-0.2, -0.15) is 0 Å². The van der Waals surface area contributed by atoms with Crippen LogP contribution in [0.5, 0.6) is 0 Å². The van der Waals surface area contributed by atoms with Crippen molar-refractivity contribution >= 4 is 14.1 Å². The summed E-state index contributed by atoms with van der Waals surface area (Å²) in [6.45, 7) is 20.0. The smallest absolute Gasteiger partial charge is 0.192 e. The molecule has 0 unspecified atom stereocenters. The summed E-state index contributed by atoms with van der Waals surface area (Å²) >= 11 is 0. The molecule has 2 saturated heterocycles. The van der Waals surface area contributed by atoms with Gasteiger partial charge in [-0.05, 0) is 50.2 Å². The average Bonchev–Trinajstić information content (AvgIpc) is 2.72. The third kappa shape index (κ3) is 2.65. The monoisotopic (exact) mass is 350 g/mol. The van der Waals surface area contributed by atoms with Crippen LogP contribution in [-0.4, -0.2) is 31.9 Å². The van der Waals surface area contributed by atoms with Crippen molar-refractivity contribution in [2.24, 2.45) is 17.8 Å². The summed E-state index contributed by atoms with van der Waals surface area (Å²) in [4.78, 5) is 13.2. The average molecular weight is 351 g/mol. The zero-order valence-corrected chi connectivity index (χ0v) is 17.4. The molecule has 24 heavy (non-hydrogen) atoms. The predicted molar refractivity (Wildman–Crippen MR) is 99.5 cm³/mol. The maximum Gasteiger partial charge on any atom is 0.192 e. The second kappa shape index (κ2) is 5.52. The Morgan fingerprint density at radius 1 is 1.25 bits per heavy atom. The van der Waals surface area contributed by atoms with Crippen molar-refractivity contribution in [3.63, 3.8) is 0 Å². The van der Waals surface area contributed by atoms with E-state index in [2.05, 4.69) is 54.3 Å². The molecule has 3 fully saturated rings. The Balaban J connectivity index is 2.03. The van der Waals surface area contributed by atoms with Crippen molar-refractivity contribution in [2.75, 3.05) is 0 Å². The topological polar surface area (TPSA) is 35.5 Å². The molecule has 1 aliphatic carbocycles. The van der Waals surface area contributed by atoms with E-state index < -0.39 is 8.32 Å². The molecule has 4 heteroatoms. The van der Waals surface area contributed by atoms with Crippen LogP contribution in [0.25, 0.3) is 0 Å². The number of Topliss-reactive ketones (excluding diaryl/α,β-unsaturated/α-hetero) is 1. The molecule has 3 aliphatic rings. The van der Waals surface area contributed by atoms with Gasteiger partial charge in [0.15, 0.2) is 8.32 Å². The number of carbonyl (C=O) groups is 1. The Hall–Kier alpha value is -0.453. The highest BCUT2D eigenvalue weighted by Crippen LogP contribution is 2.53. The highest BCUT2D eigenvalue weighted by atomic mass is 28.4. The molecule has 6 atom stereocenters. The van der Waals surface area contributed by atoms with Crippen LogP contribution in [0, 0.1) is 17.8 Å². The van der Waals surface area contributed by atoms with Gasteiger partial charge in [0, 0.05) is 11.8 Å². The maximum absolute atomic E-state index is 13.2. The third-order valence-electron chi connectivity index (χ3n) is 7.32. The molecular formula is C20H34O3Si. The van der Waals surface area contributed by atoms with Crippen LogP contribution in [0.4, 0.5) is 0 Å². The lowest BCUT2D eigenvalue weighted by molar-refractivity contribution is -0.134. The van der Waals surface area contributed by atoms with Crippen molar-refractivity contribution in [3.05, 3.63) is 12.2 Å². The van der Waals surface area contributed by atoms with E-state index in [0.717, 1.165) is 19.3 Å². The number of hydrogen-bond donors (Lipinski definition) is 0. The van der Waals surface area contributed by atoms with E-state index in [0.29, 0.717) is 11.7 Å². The number of carbonyl (C=O) groups excluding carboxylic acids is 1. The van der Waals surface area contributed by atoms with Gasteiger partial charge in [0.05, 0.1) is 17.8 Å². The molecule has 0 spiro atoms. The normalized spacial score (nSPS) is 43.0. The van der Waals surface area contributed by atoms with Gasteiger partial charge in [0.1, 0.15) is 5.78 Å². The number of allylic oxidation sites excluding steroid dienone is 1. The van der Waals surface area contributed by atoms with Gasteiger partial charge in [0.2, 0.25) is 0 Å². The second-order valence-electron chi connectivity index (χ2n) is 10.0. The van der Waals surface area contributed by atoms with Crippen LogP contribution < -0.4 is 0 Å². The zero-order chi connectivity index (χ0) is 18.1. The van der Waals surface area contributed by atoms with Crippen LogP contribution >= 0.6 is 0 Å². The molecule has 2 aliphatic heterocycles. The first-order valence-electron chi connectivity index (χ1n) is 9.43. The molecule has 136 valence electrons. The van der Waals surface area contributed by atoms with Crippen LogP contribution in [0.15, 0.2) is 12.2 Å². The minimum absolute atomic E-state index is 0.00598. The Kier molecular flexibility index (Phi) is 4.22. The standard InChI is InChI=1S/C20H34O3Si/c1-12-9-14-16-11-13(2)20(6,22-16)18(15(10-12)17(14)21)23-24(7,8)19(3,4)5/h13-16,18H,1,9-11H2,2-8H3/t13-,14+,15+,16+,18-,20-/m0/s1. The molecule has 0 radical (unpaired) electrons. The predicted octanol–water partition coefficient (Wildman–Crippen LogP) is 4.73. The largest absolute Gasteiger partial charge is 0.410 e. The van der Waals surface area contributed by atoms with Crippen molar-refractivity contribution < 1.29 is 14.0 Å². The van der Waals surface area contributed by atoms with Crippen molar-refractivity contribution in [2.45, 2.75) is 89.8 Å². The Morgan fingerprint density at radius 2 is 1.83 bits per heavy atom. The first-order valence-corrected chi connectivity index (χ1v) is 12.3. The maximum atomic E-state index is 13.2. The van der Waals surface area contributed by atoms with E-state index in [1.54, 1.807) is 0 Å². The first kappa shape index (κ1) is 18.3. The van der Waals surface area contributed by atoms with E-state index in [-0.39, 0.29) is 34.7 Å². The number of ether oxygens (including phenoxy) is 1. The lowest BCUT2D eigenvalue weighted by Crippen LogP contribution is -2.57. The molecule has 0 N–H and O–H groups in total. The molecule has 0 amide bonds. The molecule has 3 nitrogen and oxygen atoms in total. The highest BCUT2D eigenvalue weighted by Gasteiger charge is 2.61. The molecular weight excluding hydrogens is 316 g/mol. The SMILES string of the molecule is C=C1C[C@@H]2C(=O)[C@H](C1)[C@H]1C[C@H](C)[C@](C)(O1)[C@H]2O[Si](C)(C)C(C)(C)C. The summed E-state index contributed by atoms with van der Waals surface area (Å²) in [7, 11) is -2.00. The van der Waals surface area contributed by atoms with Gasteiger partial charge in [-0.15, -0.1) is 0 Å². The fraction of sp³-hybridized carbons (Fsp3) is 0.850. The van der Waals surface area contributed by atoms with Gasteiger partial charge in [0.25, 0.3) is 0 Å². The number of rotatable bonds is 2. The fourth-order valence-electron chi connectivity index (χ4n) is 4.51. The minimum Gasteiger partial charge on any atom is -0.410 e. The molecule has 2 heterocycles. The van der Waals surface area contributed by atoms with Crippen molar-refractivity contribution in [1.29, 1.82) is 0 Å². The van der Waals surface area contributed by atoms with Gasteiger partial charge >= 0.3 is 0 Å². The molecule has 1 saturated carbocycles. The Bertz CT molecular complexity index is 562. The summed E-state index contributed by atoms with van der Waals surface area (Å²) in [5.41, 5.74) is 0.834. The molecule has 0 aromatic heterocycles. The number of ketones is 1. The molecule has 3 rings (SSSR count). The Morgan fingerprint density at radius 3 is 2.42 bits per heavy atom. The fourth-order valence-corrected chi connectivity index (χ4v) is 5.90. The molecule has 0 aromatic rings. The molecule has 0 aromatic carbocycles. The summed E-state index contributed by atoms with van der Waals surface area (Å²) in [6, 6.07) is 0.